The number of carbonyl (C=O) groups is 2. The van der Waals surface area contributed by atoms with Crippen molar-refractivity contribution in [1.82, 2.24) is 10.3 Å². The number of benzene rings is 1. The van der Waals surface area contributed by atoms with E-state index in [4.69, 9.17) is 9.84 Å². The van der Waals surface area contributed by atoms with Crippen molar-refractivity contribution in [2.75, 3.05) is 6.61 Å². The number of carbonyl (C=O) groups excluding carboxylic acids is 1. The molecule has 1 unspecified atom stereocenters. The highest BCUT2D eigenvalue weighted by Gasteiger charge is 2.19. The van der Waals surface area contributed by atoms with Crippen LogP contribution < -0.4 is 10.1 Å². The number of aryl methyl sites for hydroxylation is 1. The summed E-state index contributed by atoms with van der Waals surface area (Å²) in [5, 5.41) is 12.5. The summed E-state index contributed by atoms with van der Waals surface area (Å²) < 4.78 is 5.11. The van der Waals surface area contributed by atoms with Crippen LogP contribution in [0.1, 0.15) is 52.7 Å². The molecule has 1 aromatic heterocycles. The molecular formula is C19H24N2O4S. The minimum absolute atomic E-state index is 0.120. The number of amides is 1. The predicted molar refractivity (Wildman–Crippen MR) is 101 cm³/mol. The van der Waals surface area contributed by atoms with Gasteiger partial charge in [0.1, 0.15) is 10.6 Å². The minimum atomic E-state index is -1.02. The highest BCUT2D eigenvalue weighted by Crippen LogP contribution is 2.23. The van der Waals surface area contributed by atoms with E-state index >= 15 is 0 Å². The highest BCUT2D eigenvalue weighted by molar-refractivity contribution is 7.13. The van der Waals surface area contributed by atoms with Gasteiger partial charge < -0.3 is 15.2 Å². The van der Waals surface area contributed by atoms with Crippen LogP contribution in [0.2, 0.25) is 0 Å². The second-order valence-corrected chi connectivity index (χ2v) is 7.76. The maximum absolute atomic E-state index is 12.7. The van der Waals surface area contributed by atoms with Gasteiger partial charge in [0, 0.05) is 0 Å². The first-order valence-corrected chi connectivity index (χ1v) is 9.29. The summed E-state index contributed by atoms with van der Waals surface area (Å²) in [4.78, 5) is 28.3. The summed E-state index contributed by atoms with van der Waals surface area (Å²) in [5.41, 5.74) is 1.76. The fourth-order valence-electron chi connectivity index (χ4n) is 2.52. The van der Waals surface area contributed by atoms with Gasteiger partial charge in [-0.2, -0.15) is 0 Å². The van der Waals surface area contributed by atoms with Crippen molar-refractivity contribution in [1.29, 1.82) is 0 Å². The van der Waals surface area contributed by atoms with E-state index < -0.39 is 5.97 Å². The van der Waals surface area contributed by atoms with Crippen LogP contribution in [-0.4, -0.2) is 28.6 Å². The molecule has 2 N–H and O–H groups in total. The molecule has 1 amide bonds. The molecule has 0 radical (unpaired) electrons. The van der Waals surface area contributed by atoms with Gasteiger partial charge in [-0.05, 0) is 43.9 Å². The molecule has 1 heterocycles. The van der Waals surface area contributed by atoms with Gasteiger partial charge in [0.2, 0.25) is 0 Å². The average Bonchev–Trinajstić information content (AvgIpc) is 2.93. The van der Waals surface area contributed by atoms with Crippen LogP contribution in [0.5, 0.6) is 5.75 Å². The van der Waals surface area contributed by atoms with Crippen LogP contribution >= 0.6 is 11.3 Å². The van der Waals surface area contributed by atoms with Gasteiger partial charge in [0.25, 0.3) is 5.91 Å². The molecular weight excluding hydrogens is 352 g/mol. The van der Waals surface area contributed by atoms with Crippen LogP contribution in [0, 0.1) is 12.8 Å². The Labute approximate surface area is 157 Å². The van der Waals surface area contributed by atoms with Gasteiger partial charge in [0.05, 0.1) is 16.7 Å². The zero-order valence-corrected chi connectivity index (χ0v) is 16.2. The second-order valence-electron chi connectivity index (χ2n) is 6.55. The number of nitrogens with one attached hydrogen (secondary N) is 1. The first-order valence-electron chi connectivity index (χ1n) is 8.48. The van der Waals surface area contributed by atoms with Crippen LogP contribution in [0.3, 0.4) is 0 Å². The number of aromatic nitrogens is 1. The van der Waals surface area contributed by atoms with E-state index in [1.165, 1.54) is 11.3 Å². The first kappa shape index (κ1) is 19.9. The van der Waals surface area contributed by atoms with Crippen LogP contribution in [0.25, 0.3) is 0 Å². The van der Waals surface area contributed by atoms with Crippen molar-refractivity contribution in [3.05, 3.63) is 45.4 Å². The lowest BCUT2D eigenvalue weighted by Gasteiger charge is -2.15. The number of nitrogens with zero attached hydrogens (tertiary/aromatic N) is 1. The zero-order valence-electron chi connectivity index (χ0n) is 15.4. The Morgan fingerprint density at radius 1 is 1.23 bits per heavy atom. The number of thiazole rings is 1. The molecule has 7 heteroatoms. The molecule has 26 heavy (non-hydrogen) atoms. The van der Waals surface area contributed by atoms with E-state index in [1.54, 1.807) is 12.1 Å². The number of carboxylic acids is 1. The normalized spacial score (nSPS) is 12.0. The van der Waals surface area contributed by atoms with Crippen molar-refractivity contribution in [3.63, 3.8) is 0 Å². The molecule has 0 fully saturated rings. The number of carboxylic acid groups (broad SMARTS) is 1. The number of hydrogen-bond donors (Lipinski definition) is 2. The van der Waals surface area contributed by atoms with Crippen LogP contribution in [0.15, 0.2) is 24.3 Å². The van der Waals surface area contributed by atoms with Crippen molar-refractivity contribution >= 4 is 23.2 Å². The minimum Gasteiger partial charge on any atom is -0.482 e. The Morgan fingerprint density at radius 2 is 1.88 bits per heavy atom. The Morgan fingerprint density at radius 3 is 2.46 bits per heavy atom. The quantitative estimate of drug-likeness (QED) is 0.735. The molecule has 0 aliphatic rings. The second kappa shape index (κ2) is 8.80. The predicted octanol–water partition coefficient (Wildman–Crippen LogP) is 3.60. The van der Waals surface area contributed by atoms with Gasteiger partial charge in [-0.15, -0.1) is 11.3 Å². The Kier molecular flexibility index (Phi) is 6.74. The number of rotatable bonds is 8. The van der Waals surface area contributed by atoms with Crippen LogP contribution in [-0.2, 0) is 11.2 Å². The van der Waals surface area contributed by atoms with Gasteiger partial charge in [-0.25, -0.2) is 9.78 Å². The highest BCUT2D eigenvalue weighted by atomic mass is 32.1. The van der Waals surface area contributed by atoms with E-state index in [9.17, 15) is 9.59 Å². The molecule has 140 valence electrons. The molecule has 0 bridgehead atoms. The number of aliphatic carboxylic acids is 1. The summed E-state index contributed by atoms with van der Waals surface area (Å²) in [6.45, 7) is 7.64. The maximum atomic E-state index is 12.7. The van der Waals surface area contributed by atoms with Gasteiger partial charge in [-0.3, -0.25) is 4.79 Å². The SMILES string of the molecule is Cc1nc(CC(C)C)c(C(=O)NC(C)c2ccc(OCC(=O)O)cc2)s1. The average molecular weight is 376 g/mol. The van der Waals surface area contributed by atoms with E-state index in [2.05, 4.69) is 24.1 Å². The van der Waals surface area contributed by atoms with Gasteiger partial charge in [-0.1, -0.05) is 26.0 Å². The fourth-order valence-corrected chi connectivity index (χ4v) is 3.37. The maximum Gasteiger partial charge on any atom is 0.341 e. The summed E-state index contributed by atoms with van der Waals surface area (Å²) in [7, 11) is 0. The monoisotopic (exact) mass is 376 g/mol. The van der Waals surface area contributed by atoms with E-state index in [-0.39, 0.29) is 18.6 Å². The summed E-state index contributed by atoms with van der Waals surface area (Å²) in [6, 6.07) is 6.83. The smallest absolute Gasteiger partial charge is 0.341 e. The molecule has 0 spiro atoms. The van der Waals surface area contributed by atoms with E-state index in [0.29, 0.717) is 16.5 Å². The summed E-state index contributed by atoms with van der Waals surface area (Å²) in [5.74, 6) is -0.234. The topological polar surface area (TPSA) is 88.5 Å². The largest absolute Gasteiger partial charge is 0.482 e. The summed E-state index contributed by atoms with van der Waals surface area (Å²) >= 11 is 1.41. The lowest BCUT2D eigenvalue weighted by molar-refractivity contribution is -0.139. The summed E-state index contributed by atoms with van der Waals surface area (Å²) in [6.07, 6.45) is 0.775. The van der Waals surface area contributed by atoms with E-state index in [1.807, 2.05) is 26.0 Å². The molecule has 2 rings (SSSR count). The standard InChI is InChI=1S/C19H24N2O4S/c1-11(2)9-16-18(26-13(4)21-16)19(24)20-12(3)14-5-7-15(8-6-14)25-10-17(22)23/h5-8,11-12H,9-10H2,1-4H3,(H,20,24)(H,22,23). The molecule has 0 aliphatic heterocycles. The number of hydrogen-bond acceptors (Lipinski definition) is 5. The molecule has 2 aromatic rings. The number of ether oxygens (including phenoxy) is 1. The molecule has 1 aromatic carbocycles. The van der Waals surface area contributed by atoms with Gasteiger partial charge in [0.15, 0.2) is 6.61 Å². The van der Waals surface area contributed by atoms with Crippen molar-refractivity contribution < 1.29 is 19.4 Å². The lowest BCUT2D eigenvalue weighted by atomic mass is 10.1. The fraction of sp³-hybridized carbons (Fsp3) is 0.421. The van der Waals surface area contributed by atoms with Gasteiger partial charge >= 0.3 is 5.97 Å². The Balaban J connectivity index is 2.04. The zero-order chi connectivity index (χ0) is 19.3. The third-order valence-electron chi connectivity index (χ3n) is 3.70. The van der Waals surface area contributed by atoms with E-state index in [0.717, 1.165) is 22.7 Å². The van der Waals surface area contributed by atoms with Crippen molar-refractivity contribution in [2.45, 2.75) is 40.2 Å². The molecule has 0 saturated heterocycles. The Hall–Kier alpha value is -2.41. The van der Waals surface area contributed by atoms with Crippen LogP contribution in [0.4, 0.5) is 0 Å². The van der Waals surface area contributed by atoms with Crippen molar-refractivity contribution in [3.8, 4) is 5.75 Å². The molecule has 0 saturated carbocycles. The molecule has 1 atom stereocenters. The Bertz CT molecular complexity index is 768. The third kappa shape index (κ3) is 5.56. The van der Waals surface area contributed by atoms with Crippen molar-refractivity contribution in [2.24, 2.45) is 5.92 Å². The molecule has 0 aliphatic carbocycles. The molecule has 6 nitrogen and oxygen atoms in total. The third-order valence-corrected chi connectivity index (χ3v) is 4.71. The first-order chi connectivity index (χ1) is 12.3. The lowest BCUT2D eigenvalue weighted by Crippen LogP contribution is -2.27.